The first-order valence-electron chi connectivity index (χ1n) is 8.16. The van der Waals surface area contributed by atoms with Crippen molar-refractivity contribution in [1.82, 2.24) is 0 Å². The molecule has 0 amide bonds. The summed E-state index contributed by atoms with van der Waals surface area (Å²) in [6.07, 6.45) is 0. The third kappa shape index (κ3) is 4.22. The van der Waals surface area contributed by atoms with Crippen molar-refractivity contribution < 1.29 is 24.2 Å². The highest BCUT2D eigenvalue weighted by atomic mass is 16.7. The molecule has 0 bridgehead atoms. The fraction of sp³-hybridized carbons (Fsp3) is 0.100. The molecule has 0 aliphatic carbocycles. The van der Waals surface area contributed by atoms with Gasteiger partial charge in [-0.3, -0.25) is 0 Å². The van der Waals surface area contributed by atoms with Gasteiger partial charge in [0.05, 0.1) is 0 Å². The maximum absolute atomic E-state index is 9.95. The lowest BCUT2D eigenvalue weighted by molar-refractivity contribution is 0.292. The van der Waals surface area contributed by atoms with Gasteiger partial charge in [0.2, 0.25) is 0 Å². The summed E-state index contributed by atoms with van der Waals surface area (Å²) in [6.45, 7) is 3.91. The zero-order chi connectivity index (χ0) is 18.5. The van der Waals surface area contributed by atoms with E-state index in [1.165, 1.54) is 12.1 Å². The molecule has 0 aliphatic rings. The molecule has 3 aromatic carbocycles. The highest BCUT2D eigenvalue weighted by Crippen LogP contribution is 2.29. The minimum absolute atomic E-state index is 0.0392. The van der Waals surface area contributed by atoms with E-state index in [1.807, 2.05) is 32.0 Å². The van der Waals surface area contributed by atoms with Gasteiger partial charge in [-0.1, -0.05) is 42.0 Å². The lowest BCUT2D eigenvalue weighted by atomic mass is 10.1. The van der Waals surface area contributed by atoms with E-state index >= 15 is 0 Å². The number of rotatable bonds is 6. The molecule has 0 radical (unpaired) electrons. The van der Waals surface area contributed by atoms with E-state index in [4.69, 9.17) is 14.0 Å². The maximum atomic E-state index is 9.95. The molecule has 0 atom stereocenters. The second-order valence-electron chi connectivity index (χ2n) is 5.85. The predicted molar refractivity (Wildman–Crippen MR) is 99.8 cm³/mol. The smallest absolute Gasteiger partial charge is 0.504 e. The molecule has 0 saturated carbocycles. The zero-order valence-corrected chi connectivity index (χ0v) is 14.5. The third-order valence-electron chi connectivity index (χ3n) is 3.73. The molecule has 6 heteroatoms. The fourth-order valence-corrected chi connectivity index (χ4v) is 2.43. The van der Waals surface area contributed by atoms with E-state index in [-0.39, 0.29) is 23.0 Å². The van der Waals surface area contributed by atoms with E-state index in [9.17, 15) is 10.2 Å². The number of aromatic hydroxyl groups is 2. The molecule has 0 aromatic heterocycles. The van der Waals surface area contributed by atoms with Crippen molar-refractivity contribution in [2.24, 2.45) is 0 Å². The zero-order valence-electron chi connectivity index (χ0n) is 14.5. The summed E-state index contributed by atoms with van der Waals surface area (Å²) in [4.78, 5) is 0. The largest absolute Gasteiger partial charge is 0.864 e. The van der Waals surface area contributed by atoms with Gasteiger partial charge in [0.1, 0.15) is 17.2 Å². The van der Waals surface area contributed by atoms with Gasteiger partial charge in [0.15, 0.2) is 11.5 Å². The first-order chi connectivity index (χ1) is 12.5. The van der Waals surface area contributed by atoms with Crippen LogP contribution in [0.15, 0.2) is 66.7 Å². The Kier molecular flexibility index (Phi) is 5.22. The molecule has 0 saturated heterocycles. The number of hydrogen-bond acceptors (Lipinski definition) is 5. The fourth-order valence-electron chi connectivity index (χ4n) is 2.43. The summed E-state index contributed by atoms with van der Waals surface area (Å²) in [5.41, 5.74) is 2.02. The molecule has 0 aliphatic heterocycles. The van der Waals surface area contributed by atoms with Gasteiger partial charge in [-0.25, -0.2) is 0 Å². The first-order valence-corrected chi connectivity index (χ1v) is 8.16. The van der Waals surface area contributed by atoms with Crippen LogP contribution >= 0.6 is 0 Å². The van der Waals surface area contributed by atoms with Crippen molar-refractivity contribution in [2.75, 3.05) is 0 Å². The SMILES string of the molecule is Cc1ccc(OB(Oc2ccccc2O)Oc2ccccc2O)c(C)c1. The quantitative estimate of drug-likeness (QED) is 0.651. The molecular weight excluding hydrogens is 331 g/mol. The topological polar surface area (TPSA) is 68.2 Å². The molecule has 0 heterocycles. The van der Waals surface area contributed by atoms with Crippen LogP contribution in [0.25, 0.3) is 0 Å². The van der Waals surface area contributed by atoms with Gasteiger partial charge in [0.25, 0.3) is 0 Å². The highest BCUT2D eigenvalue weighted by Gasteiger charge is 2.32. The number of phenols is 2. The molecule has 0 fully saturated rings. The molecule has 2 N–H and O–H groups in total. The summed E-state index contributed by atoms with van der Waals surface area (Å²) in [7, 11) is -1.21. The second-order valence-corrected chi connectivity index (χ2v) is 5.85. The minimum atomic E-state index is -1.21. The predicted octanol–water partition coefficient (Wildman–Crippen LogP) is 4.24. The summed E-state index contributed by atoms with van der Waals surface area (Å²) in [5, 5.41) is 19.9. The molecule has 0 unspecified atom stereocenters. The van der Waals surface area contributed by atoms with Crippen molar-refractivity contribution >= 4 is 7.32 Å². The Bertz CT molecular complexity index is 849. The third-order valence-corrected chi connectivity index (χ3v) is 3.73. The molecule has 132 valence electrons. The van der Waals surface area contributed by atoms with E-state index in [1.54, 1.807) is 36.4 Å². The van der Waals surface area contributed by atoms with Crippen molar-refractivity contribution in [2.45, 2.75) is 13.8 Å². The Hall–Kier alpha value is -3.28. The van der Waals surface area contributed by atoms with E-state index < -0.39 is 7.32 Å². The lowest BCUT2D eigenvalue weighted by Gasteiger charge is -2.18. The Balaban J connectivity index is 1.87. The van der Waals surface area contributed by atoms with Crippen LogP contribution in [0.4, 0.5) is 0 Å². The van der Waals surface area contributed by atoms with Gasteiger partial charge in [-0.2, -0.15) is 0 Å². The Labute approximate surface area is 152 Å². The molecule has 5 nitrogen and oxygen atoms in total. The van der Waals surface area contributed by atoms with Crippen LogP contribution in [0.2, 0.25) is 0 Å². The van der Waals surface area contributed by atoms with Crippen LogP contribution in [0.1, 0.15) is 11.1 Å². The molecule has 26 heavy (non-hydrogen) atoms. The lowest BCUT2D eigenvalue weighted by Crippen LogP contribution is -2.37. The molecule has 0 spiro atoms. The van der Waals surface area contributed by atoms with Crippen molar-refractivity contribution in [3.8, 4) is 28.7 Å². The van der Waals surface area contributed by atoms with Gasteiger partial charge in [0, 0.05) is 0 Å². The van der Waals surface area contributed by atoms with Gasteiger partial charge in [-0.15, -0.1) is 0 Å². The van der Waals surface area contributed by atoms with E-state index in [0.717, 1.165) is 11.1 Å². The maximum Gasteiger partial charge on any atom is 0.864 e. The molecular formula is C20H19BO5. The number of para-hydroxylation sites is 4. The van der Waals surface area contributed by atoms with E-state index in [0.29, 0.717) is 5.75 Å². The molecule has 3 aromatic rings. The summed E-state index contributed by atoms with van der Waals surface area (Å²) in [6, 6.07) is 18.7. The summed E-state index contributed by atoms with van der Waals surface area (Å²) >= 11 is 0. The summed E-state index contributed by atoms with van der Waals surface area (Å²) in [5.74, 6) is 0.909. The standard InChI is InChI=1S/C20H19BO5/c1-14-11-12-18(15(2)13-14)24-21(25-19-9-5-3-7-16(19)22)26-20-10-6-4-8-17(20)23/h3-13,22-23H,1-2H3. The number of benzene rings is 3. The van der Waals surface area contributed by atoms with Crippen LogP contribution in [0.5, 0.6) is 28.7 Å². The van der Waals surface area contributed by atoms with Crippen molar-refractivity contribution in [3.05, 3.63) is 77.9 Å². The monoisotopic (exact) mass is 350 g/mol. The Morgan fingerprint density at radius 1 is 0.654 bits per heavy atom. The van der Waals surface area contributed by atoms with Crippen LogP contribution < -0.4 is 14.0 Å². The van der Waals surface area contributed by atoms with Crippen molar-refractivity contribution in [1.29, 1.82) is 0 Å². The first kappa shape index (κ1) is 17.5. The average Bonchev–Trinajstić information content (AvgIpc) is 2.61. The second kappa shape index (κ2) is 7.74. The van der Waals surface area contributed by atoms with Crippen LogP contribution in [-0.4, -0.2) is 17.5 Å². The van der Waals surface area contributed by atoms with Crippen LogP contribution in [0, 0.1) is 13.8 Å². The van der Waals surface area contributed by atoms with Gasteiger partial charge in [-0.05, 0) is 49.7 Å². The highest BCUT2D eigenvalue weighted by molar-refractivity contribution is 6.39. The summed E-state index contributed by atoms with van der Waals surface area (Å²) < 4.78 is 17.2. The molecule has 3 rings (SSSR count). The average molecular weight is 350 g/mol. The van der Waals surface area contributed by atoms with E-state index in [2.05, 4.69) is 0 Å². The number of hydrogen-bond donors (Lipinski definition) is 2. The number of phenolic OH excluding ortho intramolecular Hbond substituents is 2. The Morgan fingerprint density at radius 2 is 1.15 bits per heavy atom. The normalized spacial score (nSPS) is 10.2. The van der Waals surface area contributed by atoms with Crippen LogP contribution in [-0.2, 0) is 0 Å². The van der Waals surface area contributed by atoms with Gasteiger partial charge >= 0.3 is 7.32 Å². The van der Waals surface area contributed by atoms with Crippen LogP contribution in [0.3, 0.4) is 0 Å². The number of aryl methyl sites for hydroxylation is 2. The van der Waals surface area contributed by atoms with Gasteiger partial charge < -0.3 is 24.2 Å². The Morgan fingerprint density at radius 3 is 1.65 bits per heavy atom. The minimum Gasteiger partial charge on any atom is -0.504 e. The van der Waals surface area contributed by atoms with Crippen molar-refractivity contribution in [3.63, 3.8) is 0 Å².